The van der Waals surface area contributed by atoms with Crippen LogP contribution in [0.5, 0.6) is 0 Å². The first-order chi connectivity index (χ1) is 17.5. The summed E-state index contributed by atoms with van der Waals surface area (Å²) < 4.78 is 41.7. The van der Waals surface area contributed by atoms with Crippen molar-refractivity contribution < 1.29 is 22.8 Å². The summed E-state index contributed by atoms with van der Waals surface area (Å²) in [6.07, 6.45) is -1.60. The van der Waals surface area contributed by atoms with Gasteiger partial charge in [0.2, 0.25) is 5.91 Å². The average molecular weight is 505 g/mol. The van der Waals surface area contributed by atoms with Crippen molar-refractivity contribution in [1.29, 1.82) is 0 Å². The number of hydrogen-bond donors (Lipinski definition) is 2. The van der Waals surface area contributed by atoms with Crippen LogP contribution in [0.15, 0.2) is 73.1 Å². The monoisotopic (exact) mass is 504 g/mol. The van der Waals surface area contributed by atoms with Gasteiger partial charge in [-0.15, -0.1) is 0 Å². The van der Waals surface area contributed by atoms with E-state index in [1.165, 1.54) is 23.2 Å². The van der Waals surface area contributed by atoms with E-state index in [2.05, 4.69) is 15.5 Å². The van der Waals surface area contributed by atoms with E-state index in [0.29, 0.717) is 33.8 Å². The lowest BCUT2D eigenvalue weighted by molar-refractivity contribution is -0.137. The Morgan fingerprint density at radius 2 is 1.78 bits per heavy atom. The van der Waals surface area contributed by atoms with Crippen molar-refractivity contribution in [1.82, 2.24) is 10.2 Å². The van der Waals surface area contributed by atoms with E-state index >= 15 is 0 Å². The summed E-state index contributed by atoms with van der Waals surface area (Å²) in [5, 5.41) is 9.20. The second kappa shape index (κ2) is 8.62. The fourth-order valence-electron chi connectivity index (χ4n) is 4.72. The number of hydrogen-bond acceptors (Lipinski definition) is 3. The van der Waals surface area contributed by atoms with Gasteiger partial charge in [0.25, 0.3) is 5.91 Å². The van der Waals surface area contributed by atoms with Gasteiger partial charge in [0.15, 0.2) is 0 Å². The third kappa shape index (κ3) is 4.16. The van der Waals surface area contributed by atoms with E-state index in [9.17, 15) is 22.8 Å². The number of H-pyrrole nitrogens is 1. The smallest absolute Gasteiger partial charge is 0.322 e. The quantitative estimate of drug-likeness (QED) is 0.328. The molecule has 1 aliphatic heterocycles. The fraction of sp³-hybridized carbons (Fsp3) is 0.179. The Hall–Kier alpha value is -4.40. The van der Waals surface area contributed by atoms with Crippen LogP contribution in [0.4, 0.5) is 30.2 Å². The van der Waals surface area contributed by atoms with Crippen LogP contribution in [0.2, 0.25) is 0 Å². The second-order valence-electron chi connectivity index (χ2n) is 9.50. The number of aryl methyl sites for hydroxylation is 1. The first kappa shape index (κ1) is 24.3. The third-order valence-corrected chi connectivity index (χ3v) is 6.58. The number of aromatic amines is 1. The van der Waals surface area contributed by atoms with Crippen LogP contribution in [0.1, 0.15) is 40.9 Å². The van der Waals surface area contributed by atoms with Crippen LogP contribution >= 0.6 is 0 Å². The number of fused-ring (bicyclic) bond motifs is 1. The van der Waals surface area contributed by atoms with Crippen molar-refractivity contribution in [3.8, 4) is 11.1 Å². The van der Waals surface area contributed by atoms with Gasteiger partial charge < -0.3 is 5.32 Å². The molecule has 9 heteroatoms. The van der Waals surface area contributed by atoms with Crippen LogP contribution in [0.25, 0.3) is 11.1 Å². The van der Waals surface area contributed by atoms with Crippen LogP contribution < -0.4 is 10.2 Å². The predicted molar refractivity (Wildman–Crippen MR) is 135 cm³/mol. The number of benzene rings is 3. The van der Waals surface area contributed by atoms with E-state index < -0.39 is 28.6 Å². The van der Waals surface area contributed by atoms with Crippen LogP contribution in [-0.2, 0) is 16.4 Å². The van der Waals surface area contributed by atoms with Crippen LogP contribution in [-0.4, -0.2) is 22.0 Å². The maximum Gasteiger partial charge on any atom is 0.417 e. The molecule has 0 unspecified atom stereocenters. The maximum atomic E-state index is 13.9. The molecule has 5 rings (SSSR count). The fourth-order valence-corrected chi connectivity index (χ4v) is 4.72. The summed E-state index contributed by atoms with van der Waals surface area (Å²) in [4.78, 5) is 28.1. The Labute approximate surface area is 211 Å². The molecule has 3 aromatic carbocycles. The highest BCUT2D eigenvalue weighted by molar-refractivity contribution is 6.14. The molecule has 0 spiro atoms. The average Bonchev–Trinajstić information content (AvgIpc) is 3.45. The largest absolute Gasteiger partial charge is 0.417 e. The van der Waals surface area contributed by atoms with Gasteiger partial charge in [-0.2, -0.15) is 18.3 Å². The molecule has 2 heterocycles. The topological polar surface area (TPSA) is 78.1 Å². The minimum absolute atomic E-state index is 0.194. The highest BCUT2D eigenvalue weighted by atomic mass is 19.4. The predicted octanol–water partition coefficient (Wildman–Crippen LogP) is 6.61. The molecule has 188 valence electrons. The summed E-state index contributed by atoms with van der Waals surface area (Å²) in [6, 6.07) is 15.5. The molecular formula is C28H23F3N4O2. The van der Waals surface area contributed by atoms with Crippen molar-refractivity contribution in [3.05, 3.63) is 95.3 Å². The summed E-state index contributed by atoms with van der Waals surface area (Å²) in [5.74, 6) is -1.07. The summed E-state index contributed by atoms with van der Waals surface area (Å²) in [7, 11) is 0. The van der Waals surface area contributed by atoms with Crippen molar-refractivity contribution in [3.63, 3.8) is 0 Å². The number of carbonyl (C=O) groups excluding carboxylic acids is 2. The van der Waals surface area contributed by atoms with E-state index in [4.69, 9.17) is 0 Å². The minimum Gasteiger partial charge on any atom is -0.322 e. The molecule has 0 aliphatic carbocycles. The molecule has 6 nitrogen and oxygen atoms in total. The molecule has 0 saturated carbocycles. The highest BCUT2D eigenvalue weighted by Crippen LogP contribution is 2.49. The van der Waals surface area contributed by atoms with Gasteiger partial charge in [0.1, 0.15) is 0 Å². The summed E-state index contributed by atoms with van der Waals surface area (Å²) >= 11 is 0. The zero-order valence-corrected chi connectivity index (χ0v) is 20.3. The Kier molecular flexibility index (Phi) is 5.66. The number of rotatable bonds is 4. The number of nitrogens with one attached hydrogen (secondary N) is 2. The number of nitrogens with zero attached hydrogens (tertiary/aromatic N) is 2. The zero-order valence-electron chi connectivity index (χ0n) is 20.3. The molecule has 2 N–H and O–H groups in total. The minimum atomic E-state index is -4.73. The molecule has 0 fully saturated rings. The Bertz CT molecular complexity index is 1510. The van der Waals surface area contributed by atoms with E-state index in [1.807, 2.05) is 6.92 Å². The van der Waals surface area contributed by atoms with E-state index in [1.54, 1.807) is 62.5 Å². The molecule has 4 aromatic rings. The van der Waals surface area contributed by atoms with Crippen molar-refractivity contribution in [2.24, 2.45) is 0 Å². The molecule has 2 amide bonds. The van der Waals surface area contributed by atoms with Crippen LogP contribution in [0.3, 0.4) is 0 Å². The van der Waals surface area contributed by atoms with Crippen LogP contribution in [0, 0.1) is 6.92 Å². The molecule has 0 radical (unpaired) electrons. The maximum absolute atomic E-state index is 13.9. The SMILES string of the molecule is Cc1ccc(NC(=O)c2cc(-c3cccc4c3C(C)(C)C(=O)N4c3cn[nH]c3)ccc2C(F)(F)F)cc1. The lowest BCUT2D eigenvalue weighted by atomic mass is 9.81. The van der Waals surface area contributed by atoms with Crippen molar-refractivity contribution in [2.75, 3.05) is 10.2 Å². The van der Waals surface area contributed by atoms with Gasteiger partial charge in [-0.05, 0) is 67.8 Å². The first-order valence-electron chi connectivity index (χ1n) is 11.5. The standard InChI is InChI=1S/C28H23F3N4O2/c1-16-7-10-18(11-8-16)34-25(36)21-13-17(9-12-22(21)28(29,30)31)20-5-4-6-23-24(20)27(2,3)26(37)35(23)19-14-32-33-15-19/h4-15H,1-3H3,(H,32,33)(H,34,36). The second-order valence-corrected chi connectivity index (χ2v) is 9.50. The molecule has 37 heavy (non-hydrogen) atoms. The Balaban J connectivity index is 1.64. The normalized spacial score (nSPS) is 14.5. The molecule has 0 atom stereocenters. The number of carbonyl (C=O) groups is 2. The molecule has 1 aromatic heterocycles. The number of alkyl halides is 3. The van der Waals surface area contributed by atoms with Crippen molar-refractivity contribution in [2.45, 2.75) is 32.4 Å². The lowest BCUT2D eigenvalue weighted by Gasteiger charge is -2.21. The van der Waals surface area contributed by atoms with Crippen molar-refractivity contribution >= 4 is 28.9 Å². The lowest BCUT2D eigenvalue weighted by Crippen LogP contribution is -2.33. The first-order valence-corrected chi connectivity index (χ1v) is 11.5. The number of halogens is 3. The Morgan fingerprint density at radius 3 is 2.43 bits per heavy atom. The molecule has 1 aliphatic rings. The number of anilines is 3. The van der Waals surface area contributed by atoms with Gasteiger partial charge in [-0.25, -0.2) is 0 Å². The van der Waals surface area contributed by atoms with Gasteiger partial charge in [-0.1, -0.05) is 35.9 Å². The van der Waals surface area contributed by atoms with Gasteiger partial charge in [0, 0.05) is 11.9 Å². The highest BCUT2D eigenvalue weighted by Gasteiger charge is 2.46. The Morgan fingerprint density at radius 1 is 1.05 bits per heavy atom. The summed E-state index contributed by atoms with van der Waals surface area (Å²) in [5.41, 5.74) is 1.61. The number of amides is 2. The number of aromatic nitrogens is 2. The summed E-state index contributed by atoms with van der Waals surface area (Å²) in [6.45, 7) is 5.41. The molecule has 0 bridgehead atoms. The molecular weight excluding hydrogens is 481 g/mol. The zero-order chi connectivity index (χ0) is 26.5. The van der Waals surface area contributed by atoms with Gasteiger partial charge in [-0.3, -0.25) is 19.6 Å². The van der Waals surface area contributed by atoms with Gasteiger partial charge >= 0.3 is 6.18 Å². The third-order valence-electron chi connectivity index (χ3n) is 6.58. The van der Waals surface area contributed by atoms with E-state index in [0.717, 1.165) is 11.6 Å². The van der Waals surface area contributed by atoms with E-state index in [-0.39, 0.29) is 5.91 Å². The van der Waals surface area contributed by atoms with Gasteiger partial charge in [0.05, 0.1) is 34.1 Å². The molecule has 0 saturated heterocycles.